The summed E-state index contributed by atoms with van der Waals surface area (Å²) in [5, 5.41) is 8.99. The van der Waals surface area contributed by atoms with Crippen molar-refractivity contribution in [3.8, 4) is 0 Å². The molecule has 0 unspecified atom stereocenters. The van der Waals surface area contributed by atoms with Gasteiger partial charge in [-0.2, -0.15) is 0 Å². The summed E-state index contributed by atoms with van der Waals surface area (Å²) in [6.45, 7) is 2.21. The number of amides is 2. The fourth-order valence-electron chi connectivity index (χ4n) is 2.10. The lowest BCUT2D eigenvalue weighted by molar-refractivity contribution is -0.135. The van der Waals surface area contributed by atoms with Crippen molar-refractivity contribution < 1.29 is 14.7 Å². The van der Waals surface area contributed by atoms with Crippen LogP contribution in [0, 0.1) is 0 Å². The average Bonchev–Trinajstić information content (AvgIpc) is 3.22. The lowest BCUT2D eigenvalue weighted by Gasteiger charge is -2.29. The van der Waals surface area contributed by atoms with Crippen LogP contribution >= 0.6 is 0 Å². The van der Waals surface area contributed by atoms with Crippen molar-refractivity contribution in [3.05, 3.63) is 30.3 Å². The Labute approximate surface area is 112 Å². The van der Waals surface area contributed by atoms with Gasteiger partial charge in [0.15, 0.2) is 0 Å². The van der Waals surface area contributed by atoms with E-state index in [4.69, 9.17) is 5.11 Å². The van der Waals surface area contributed by atoms with Gasteiger partial charge in [-0.1, -0.05) is 18.2 Å². The van der Waals surface area contributed by atoms with Crippen molar-refractivity contribution in [1.82, 2.24) is 4.90 Å². The number of hydrogen-bond donors (Lipinski definition) is 1. The Morgan fingerprint density at radius 3 is 2.37 bits per heavy atom. The zero-order chi connectivity index (χ0) is 13.8. The molecule has 5 nitrogen and oxygen atoms in total. The molecule has 1 fully saturated rings. The van der Waals surface area contributed by atoms with Crippen molar-refractivity contribution in [1.29, 1.82) is 0 Å². The van der Waals surface area contributed by atoms with Crippen LogP contribution in [0.1, 0.15) is 19.8 Å². The number of carbonyl (C=O) groups excluding carboxylic acids is 1. The molecule has 0 aromatic heterocycles. The van der Waals surface area contributed by atoms with E-state index >= 15 is 0 Å². The van der Waals surface area contributed by atoms with Crippen LogP contribution in [0.5, 0.6) is 0 Å². The van der Waals surface area contributed by atoms with E-state index in [1.165, 1.54) is 4.90 Å². The quantitative estimate of drug-likeness (QED) is 0.884. The highest BCUT2D eigenvalue weighted by Crippen LogP contribution is 2.28. The van der Waals surface area contributed by atoms with Crippen molar-refractivity contribution in [2.75, 3.05) is 18.0 Å². The minimum absolute atomic E-state index is 0.224. The summed E-state index contributed by atoms with van der Waals surface area (Å²) in [4.78, 5) is 26.5. The third-order valence-electron chi connectivity index (χ3n) is 3.17. The molecule has 0 radical (unpaired) electrons. The van der Waals surface area contributed by atoms with Gasteiger partial charge in [0.2, 0.25) is 0 Å². The lowest BCUT2D eigenvalue weighted by Crippen LogP contribution is -2.46. The third-order valence-corrected chi connectivity index (χ3v) is 3.17. The molecule has 0 atom stereocenters. The van der Waals surface area contributed by atoms with Crippen LogP contribution in [-0.4, -0.2) is 41.1 Å². The molecule has 2 rings (SSSR count). The van der Waals surface area contributed by atoms with Gasteiger partial charge in [0.05, 0.1) is 0 Å². The van der Waals surface area contributed by atoms with Crippen LogP contribution in [-0.2, 0) is 4.79 Å². The second kappa shape index (κ2) is 5.73. The zero-order valence-electron chi connectivity index (χ0n) is 11.0. The van der Waals surface area contributed by atoms with Crippen LogP contribution in [0.4, 0.5) is 10.5 Å². The average molecular weight is 262 g/mol. The first kappa shape index (κ1) is 13.4. The molecule has 2 amide bonds. The number of carbonyl (C=O) groups is 2. The van der Waals surface area contributed by atoms with Gasteiger partial charge in [0, 0.05) is 18.3 Å². The first-order valence-electron chi connectivity index (χ1n) is 6.48. The molecular weight excluding hydrogens is 244 g/mol. The van der Waals surface area contributed by atoms with Gasteiger partial charge in [-0.15, -0.1) is 0 Å². The Balaban J connectivity index is 2.21. The van der Waals surface area contributed by atoms with Gasteiger partial charge >= 0.3 is 12.0 Å². The monoisotopic (exact) mass is 262 g/mol. The summed E-state index contributed by atoms with van der Waals surface area (Å²) in [6.07, 6.45) is 2.02. The van der Waals surface area contributed by atoms with Gasteiger partial charge < -0.3 is 10.0 Å². The number of rotatable bonds is 5. The van der Waals surface area contributed by atoms with Gasteiger partial charge in [0.1, 0.15) is 6.54 Å². The smallest absolute Gasteiger partial charge is 0.325 e. The largest absolute Gasteiger partial charge is 0.480 e. The van der Waals surface area contributed by atoms with Crippen molar-refractivity contribution in [3.63, 3.8) is 0 Å². The topological polar surface area (TPSA) is 60.9 Å². The van der Waals surface area contributed by atoms with E-state index in [0.29, 0.717) is 12.2 Å². The van der Waals surface area contributed by atoms with Gasteiger partial charge in [0.25, 0.3) is 0 Å². The molecule has 1 saturated carbocycles. The van der Waals surface area contributed by atoms with E-state index in [2.05, 4.69) is 0 Å². The molecule has 0 saturated heterocycles. The Bertz CT molecular complexity index is 457. The molecule has 0 aliphatic heterocycles. The summed E-state index contributed by atoms with van der Waals surface area (Å²) in [7, 11) is 0. The first-order valence-corrected chi connectivity index (χ1v) is 6.48. The van der Waals surface area contributed by atoms with E-state index < -0.39 is 5.97 Å². The normalized spacial score (nSPS) is 13.9. The van der Waals surface area contributed by atoms with E-state index in [9.17, 15) is 9.59 Å². The summed E-state index contributed by atoms with van der Waals surface area (Å²) >= 11 is 0. The molecule has 19 heavy (non-hydrogen) atoms. The highest BCUT2D eigenvalue weighted by atomic mass is 16.4. The molecule has 0 bridgehead atoms. The second-order valence-electron chi connectivity index (χ2n) is 4.62. The molecule has 1 aromatic carbocycles. The molecular formula is C14H18N2O3. The van der Waals surface area contributed by atoms with Crippen LogP contribution in [0.25, 0.3) is 0 Å². The van der Waals surface area contributed by atoms with Gasteiger partial charge in [-0.25, -0.2) is 4.79 Å². The van der Waals surface area contributed by atoms with Crippen molar-refractivity contribution >= 4 is 17.7 Å². The maximum Gasteiger partial charge on any atom is 0.325 e. The molecule has 0 heterocycles. The number of carboxylic acid groups (broad SMARTS) is 1. The Kier molecular flexibility index (Phi) is 4.04. The van der Waals surface area contributed by atoms with E-state index in [0.717, 1.165) is 12.8 Å². The molecule has 1 aromatic rings. The third kappa shape index (κ3) is 3.24. The minimum Gasteiger partial charge on any atom is -0.480 e. The molecule has 1 aliphatic carbocycles. The Morgan fingerprint density at radius 2 is 1.89 bits per heavy atom. The molecule has 102 valence electrons. The minimum atomic E-state index is -1.01. The number of anilines is 1. The SMILES string of the molecule is CCN(C(=O)N(CC(=O)O)c1ccccc1)C1CC1. The number of para-hydroxylation sites is 1. The summed E-state index contributed by atoms with van der Waals surface area (Å²) in [5.41, 5.74) is 0.619. The second-order valence-corrected chi connectivity index (χ2v) is 4.62. The maximum atomic E-state index is 12.5. The Hall–Kier alpha value is -2.04. The number of benzene rings is 1. The van der Waals surface area contributed by atoms with Crippen LogP contribution < -0.4 is 4.90 Å². The summed E-state index contributed by atoms with van der Waals surface area (Å²) in [5.74, 6) is -1.01. The number of hydrogen-bond acceptors (Lipinski definition) is 2. The maximum absolute atomic E-state index is 12.5. The highest BCUT2D eigenvalue weighted by Gasteiger charge is 2.34. The molecule has 0 spiro atoms. The van der Waals surface area contributed by atoms with Gasteiger partial charge in [-0.3, -0.25) is 9.69 Å². The highest BCUT2D eigenvalue weighted by molar-refractivity contribution is 5.96. The number of urea groups is 1. The van der Waals surface area contributed by atoms with Gasteiger partial charge in [-0.05, 0) is 31.9 Å². The van der Waals surface area contributed by atoms with E-state index in [1.807, 2.05) is 13.0 Å². The summed E-state index contributed by atoms with van der Waals surface area (Å²) in [6, 6.07) is 8.99. The molecule has 1 N–H and O–H groups in total. The number of carboxylic acids is 1. The zero-order valence-corrected chi connectivity index (χ0v) is 11.0. The Morgan fingerprint density at radius 1 is 1.26 bits per heavy atom. The van der Waals surface area contributed by atoms with Crippen LogP contribution in [0.2, 0.25) is 0 Å². The summed E-state index contributed by atoms with van der Waals surface area (Å²) < 4.78 is 0. The standard InChI is InChI=1S/C14H18N2O3/c1-2-15(12-8-9-12)14(19)16(10-13(17)18)11-6-4-3-5-7-11/h3-7,12H,2,8-10H2,1H3,(H,17,18). The molecule has 5 heteroatoms. The predicted molar refractivity (Wildman–Crippen MR) is 72.2 cm³/mol. The number of nitrogens with zero attached hydrogens (tertiary/aromatic N) is 2. The van der Waals surface area contributed by atoms with E-state index in [1.54, 1.807) is 29.2 Å². The molecule has 1 aliphatic rings. The lowest BCUT2D eigenvalue weighted by atomic mass is 10.3. The van der Waals surface area contributed by atoms with E-state index in [-0.39, 0.29) is 18.6 Å². The first-order chi connectivity index (χ1) is 9.13. The predicted octanol–water partition coefficient (Wildman–Crippen LogP) is 2.18. The fourth-order valence-corrected chi connectivity index (χ4v) is 2.10. The van der Waals surface area contributed by atoms with Crippen molar-refractivity contribution in [2.24, 2.45) is 0 Å². The number of aliphatic carboxylic acids is 1. The van der Waals surface area contributed by atoms with Crippen molar-refractivity contribution in [2.45, 2.75) is 25.8 Å². The van der Waals surface area contributed by atoms with Crippen LogP contribution in [0.3, 0.4) is 0 Å². The fraction of sp³-hybridized carbons (Fsp3) is 0.429. The van der Waals surface area contributed by atoms with Crippen LogP contribution in [0.15, 0.2) is 30.3 Å².